The molecule has 5 heterocycles. The van der Waals surface area contributed by atoms with Crippen molar-refractivity contribution < 1.29 is 31.5 Å². The molecule has 1 amide bonds. The summed E-state index contributed by atoms with van der Waals surface area (Å²) in [7, 11) is 0. The van der Waals surface area contributed by atoms with Gasteiger partial charge in [0.15, 0.2) is 23.1 Å². The lowest BCUT2D eigenvalue weighted by molar-refractivity contribution is 0.0620. The Bertz CT molecular complexity index is 1390. The van der Waals surface area contributed by atoms with Gasteiger partial charge in [-0.2, -0.15) is 4.98 Å². The number of fused-ring (bicyclic) bond motifs is 2. The van der Waals surface area contributed by atoms with E-state index in [1.54, 1.807) is 11.0 Å². The molecule has 35 heavy (non-hydrogen) atoms. The van der Waals surface area contributed by atoms with Crippen LogP contribution in [0.15, 0.2) is 33.4 Å². The smallest absolute Gasteiger partial charge is 0.298 e. The summed E-state index contributed by atoms with van der Waals surface area (Å²) in [6.07, 6.45) is -1.18. The van der Waals surface area contributed by atoms with E-state index in [4.69, 9.17) is 13.6 Å². The second-order valence-corrected chi connectivity index (χ2v) is 8.17. The molecular formula is C22H19F3N6O4. The minimum absolute atomic E-state index is 0.0121. The van der Waals surface area contributed by atoms with E-state index in [-0.39, 0.29) is 29.5 Å². The standard InChI is InChI=1S/C22H19F3N6O4/c23-11-2-1-3-13-17(11)34-20(28-13)16-14-12(26-10-27-14)4-5-31(16)21(32)18-15(19(24)25)29-22(35-18)30-6-8-33-9-7-30/h1-3,10,16,19H,4-9H2,(H,26,27)/t16-/m0/s1. The third-order valence-electron chi connectivity index (χ3n) is 6.13. The summed E-state index contributed by atoms with van der Waals surface area (Å²) in [5.41, 5.74) is 0.620. The fraction of sp³-hybridized carbons (Fsp3) is 0.364. The maximum Gasteiger partial charge on any atom is 0.298 e. The van der Waals surface area contributed by atoms with Gasteiger partial charge in [0.05, 0.1) is 25.2 Å². The molecule has 6 rings (SSSR count). The van der Waals surface area contributed by atoms with Crippen LogP contribution >= 0.6 is 0 Å². The molecule has 1 fully saturated rings. The van der Waals surface area contributed by atoms with Gasteiger partial charge in [-0.15, -0.1) is 0 Å². The van der Waals surface area contributed by atoms with Crippen LogP contribution in [0.5, 0.6) is 0 Å². The number of amides is 1. The van der Waals surface area contributed by atoms with Crippen LogP contribution in [0, 0.1) is 5.82 Å². The molecule has 4 aromatic rings. The first kappa shape index (κ1) is 21.6. The SMILES string of the molecule is O=C(c1oc(N2CCOCC2)nc1C(F)F)N1CCc2[nH]cnc2[C@H]1c1nc2cccc(F)c2o1. The number of imidazole rings is 1. The third-order valence-corrected chi connectivity index (χ3v) is 6.13. The molecule has 1 aromatic carbocycles. The van der Waals surface area contributed by atoms with Gasteiger partial charge in [-0.1, -0.05) is 6.07 Å². The van der Waals surface area contributed by atoms with Crippen LogP contribution in [0.3, 0.4) is 0 Å². The molecule has 1 N–H and O–H groups in total. The van der Waals surface area contributed by atoms with Crippen molar-refractivity contribution in [3.8, 4) is 0 Å². The van der Waals surface area contributed by atoms with E-state index in [2.05, 4.69) is 19.9 Å². The van der Waals surface area contributed by atoms with Gasteiger partial charge >= 0.3 is 0 Å². The van der Waals surface area contributed by atoms with E-state index in [0.717, 1.165) is 5.69 Å². The van der Waals surface area contributed by atoms with Crippen LogP contribution in [0.25, 0.3) is 11.1 Å². The molecule has 0 spiro atoms. The average Bonchev–Trinajstić information content (AvgIpc) is 3.61. The molecule has 3 aromatic heterocycles. The van der Waals surface area contributed by atoms with Crippen molar-refractivity contribution in [1.29, 1.82) is 0 Å². The zero-order chi connectivity index (χ0) is 24.1. The fourth-order valence-electron chi connectivity index (χ4n) is 4.44. The third kappa shape index (κ3) is 3.62. The summed E-state index contributed by atoms with van der Waals surface area (Å²) in [6.45, 7) is 1.71. The van der Waals surface area contributed by atoms with E-state index in [1.807, 2.05) is 0 Å². The Balaban J connectivity index is 1.42. The fourth-order valence-corrected chi connectivity index (χ4v) is 4.44. The number of aromatic amines is 1. The molecule has 1 atom stereocenters. The number of para-hydroxylation sites is 1. The molecule has 182 valence electrons. The number of ether oxygens (including phenoxy) is 1. The number of rotatable bonds is 4. The quantitative estimate of drug-likeness (QED) is 0.466. The molecule has 1 saturated heterocycles. The van der Waals surface area contributed by atoms with Gasteiger partial charge in [-0.3, -0.25) is 4.79 Å². The Morgan fingerprint density at radius 3 is 2.74 bits per heavy atom. The molecular weight excluding hydrogens is 469 g/mol. The van der Waals surface area contributed by atoms with Gasteiger partial charge in [-0.25, -0.2) is 23.1 Å². The van der Waals surface area contributed by atoms with Crippen LogP contribution < -0.4 is 4.90 Å². The van der Waals surface area contributed by atoms with Crippen LogP contribution in [-0.2, 0) is 11.2 Å². The summed E-state index contributed by atoms with van der Waals surface area (Å²) in [6, 6.07) is 3.25. The summed E-state index contributed by atoms with van der Waals surface area (Å²) in [5, 5.41) is 0. The van der Waals surface area contributed by atoms with Gasteiger partial charge in [0.1, 0.15) is 5.52 Å². The van der Waals surface area contributed by atoms with E-state index in [9.17, 15) is 18.0 Å². The maximum atomic E-state index is 14.3. The Morgan fingerprint density at radius 2 is 1.97 bits per heavy atom. The number of carbonyl (C=O) groups is 1. The number of anilines is 1. The van der Waals surface area contributed by atoms with Crippen molar-refractivity contribution in [2.75, 3.05) is 37.7 Å². The lowest BCUT2D eigenvalue weighted by Gasteiger charge is -2.32. The normalized spacial score (nSPS) is 18.5. The van der Waals surface area contributed by atoms with Crippen LogP contribution in [0.4, 0.5) is 19.2 Å². The first-order valence-corrected chi connectivity index (χ1v) is 11.0. The van der Waals surface area contributed by atoms with Crippen molar-refractivity contribution in [1.82, 2.24) is 24.8 Å². The van der Waals surface area contributed by atoms with Crippen LogP contribution in [0.2, 0.25) is 0 Å². The highest BCUT2D eigenvalue weighted by atomic mass is 19.3. The van der Waals surface area contributed by atoms with Gasteiger partial charge in [0.2, 0.25) is 11.7 Å². The molecule has 0 saturated carbocycles. The van der Waals surface area contributed by atoms with Crippen LogP contribution in [-0.4, -0.2) is 63.6 Å². The van der Waals surface area contributed by atoms with Crippen molar-refractivity contribution in [2.24, 2.45) is 0 Å². The molecule has 2 aliphatic rings. The van der Waals surface area contributed by atoms with Gasteiger partial charge in [0, 0.05) is 31.7 Å². The molecule has 0 bridgehead atoms. The molecule has 0 radical (unpaired) electrons. The summed E-state index contributed by atoms with van der Waals surface area (Å²) in [5.74, 6) is -1.97. The molecule has 0 unspecified atom stereocenters. The first-order chi connectivity index (χ1) is 17.0. The number of hydrogen-bond acceptors (Lipinski definition) is 8. The molecule has 13 heteroatoms. The number of hydrogen-bond donors (Lipinski definition) is 1. The minimum Gasteiger partial charge on any atom is -0.435 e. The molecule has 10 nitrogen and oxygen atoms in total. The molecule has 0 aliphatic carbocycles. The number of H-pyrrole nitrogens is 1. The van der Waals surface area contributed by atoms with Crippen molar-refractivity contribution in [3.05, 3.63) is 59.1 Å². The highest BCUT2D eigenvalue weighted by molar-refractivity contribution is 5.93. The lowest BCUT2D eigenvalue weighted by atomic mass is 10.0. The zero-order valence-corrected chi connectivity index (χ0v) is 18.2. The monoisotopic (exact) mass is 488 g/mol. The van der Waals surface area contributed by atoms with E-state index in [1.165, 1.54) is 23.4 Å². The number of benzene rings is 1. The topological polar surface area (TPSA) is 114 Å². The van der Waals surface area contributed by atoms with Gasteiger partial charge < -0.3 is 28.4 Å². The zero-order valence-electron chi connectivity index (χ0n) is 18.2. The number of morpholine rings is 1. The minimum atomic E-state index is -3.03. The number of alkyl halides is 2. The number of oxazole rings is 2. The molecule has 2 aliphatic heterocycles. The number of carbonyl (C=O) groups excluding carboxylic acids is 1. The second kappa shape index (κ2) is 8.41. The summed E-state index contributed by atoms with van der Waals surface area (Å²) in [4.78, 5) is 32.2. The number of nitrogens with zero attached hydrogens (tertiary/aromatic N) is 5. The Morgan fingerprint density at radius 1 is 1.14 bits per heavy atom. The largest absolute Gasteiger partial charge is 0.435 e. The van der Waals surface area contributed by atoms with E-state index < -0.39 is 35.6 Å². The average molecular weight is 488 g/mol. The maximum absolute atomic E-state index is 14.3. The predicted octanol–water partition coefficient (Wildman–Crippen LogP) is 3.24. The number of halogens is 3. The van der Waals surface area contributed by atoms with Gasteiger partial charge in [0.25, 0.3) is 18.3 Å². The Labute approximate surface area is 195 Å². The van der Waals surface area contributed by atoms with E-state index in [0.29, 0.717) is 38.4 Å². The highest BCUT2D eigenvalue weighted by Crippen LogP contribution is 2.37. The van der Waals surface area contributed by atoms with Crippen molar-refractivity contribution >= 4 is 23.0 Å². The van der Waals surface area contributed by atoms with Gasteiger partial charge in [-0.05, 0) is 12.1 Å². The predicted molar refractivity (Wildman–Crippen MR) is 114 cm³/mol. The Kier molecular flexibility index (Phi) is 5.20. The van der Waals surface area contributed by atoms with E-state index >= 15 is 0 Å². The summed E-state index contributed by atoms with van der Waals surface area (Å²) >= 11 is 0. The second-order valence-electron chi connectivity index (χ2n) is 8.17. The summed E-state index contributed by atoms with van der Waals surface area (Å²) < 4.78 is 58.7. The highest BCUT2D eigenvalue weighted by Gasteiger charge is 2.41. The Hall–Kier alpha value is -3.87. The number of nitrogens with one attached hydrogen (secondary N) is 1. The van der Waals surface area contributed by atoms with Crippen molar-refractivity contribution in [2.45, 2.75) is 18.9 Å². The number of aromatic nitrogens is 4. The van der Waals surface area contributed by atoms with Crippen molar-refractivity contribution in [3.63, 3.8) is 0 Å². The van der Waals surface area contributed by atoms with Crippen LogP contribution in [0.1, 0.15) is 46.0 Å². The first-order valence-electron chi connectivity index (χ1n) is 11.0. The lowest BCUT2D eigenvalue weighted by Crippen LogP contribution is -2.41.